The molecule has 2 rings (SSSR count). The topological polar surface area (TPSA) is 112 Å². The highest BCUT2D eigenvalue weighted by Crippen LogP contribution is 2.07. The molecule has 0 radical (unpaired) electrons. The van der Waals surface area contributed by atoms with E-state index in [4.69, 9.17) is 5.11 Å². The summed E-state index contributed by atoms with van der Waals surface area (Å²) in [5.74, 6) is -1.75. The summed E-state index contributed by atoms with van der Waals surface area (Å²) in [5.41, 5.74) is -0.367. The summed E-state index contributed by atoms with van der Waals surface area (Å²) in [6.45, 7) is 0. The molecule has 0 aromatic carbocycles. The van der Waals surface area contributed by atoms with E-state index in [2.05, 4.69) is 15.3 Å². The minimum Gasteiger partial charge on any atom is -0.477 e. The van der Waals surface area contributed by atoms with Gasteiger partial charge in [-0.05, 0) is 24.3 Å². The molecule has 0 atom stereocenters. The first-order valence-electron chi connectivity index (χ1n) is 5.26. The first-order chi connectivity index (χ1) is 9.08. The number of nitrogens with zero attached hydrogens (tertiary/aromatic N) is 1. The minimum absolute atomic E-state index is 0.0372. The van der Waals surface area contributed by atoms with Crippen LogP contribution in [0.5, 0.6) is 0 Å². The van der Waals surface area contributed by atoms with Gasteiger partial charge in [-0.2, -0.15) is 0 Å². The Kier molecular flexibility index (Phi) is 3.37. The molecule has 2 heterocycles. The minimum atomic E-state index is -1.16. The van der Waals surface area contributed by atoms with Crippen molar-refractivity contribution in [3.8, 4) is 0 Å². The van der Waals surface area contributed by atoms with Crippen molar-refractivity contribution in [2.45, 2.75) is 0 Å². The van der Waals surface area contributed by atoms with Crippen LogP contribution in [0.2, 0.25) is 0 Å². The third kappa shape index (κ3) is 2.83. The first-order valence-corrected chi connectivity index (χ1v) is 5.26. The number of amides is 1. The van der Waals surface area contributed by atoms with Crippen molar-refractivity contribution >= 4 is 17.6 Å². The van der Waals surface area contributed by atoms with E-state index >= 15 is 0 Å². The van der Waals surface area contributed by atoms with E-state index in [1.165, 1.54) is 36.7 Å². The van der Waals surface area contributed by atoms with Crippen LogP contribution in [0.4, 0.5) is 5.69 Å². The summed E-state index contributed by atoms with van der Waals surface area (Å²) in [4.78, 5) is 39.8. The van der Waals surface area contributed by atoms with E-state index < -0.39 is 17.4 Å². The van der Waals surface area contributed by atoms with Gasteiger partial charge in [0.25, 0.3) is 11.5 Å². The number of aromatic nitrogens is 2. The van der Waals surface area contributed by atoms with Crippen molar-refractivity contribution in [2.75, 3.05) is 5.32 Å². The molecule has 0 saturated carbocycles. The zero-order valence-corrected chi connectivity index (χ0v) is 9.58. The highest BCUT2D eigenvalue weighted by Gasteiger charge is 2.10. The Hall–Kier alpha value is -2.96. The number of rotatable bonds is 3. The number of carbonyl (C=O) groups excluding carboxylic acids is 1. The summed E-state index contributed by atoms with van der Waals surface area (Å²) in [5, 5.41) is 11.1. The fourth-order valence-electron chi connectivity index (χ4n) is 1.39. The highest BCUT2D eigenvalue weighted by molar-refractivity contribution is 6.03. The molecule has 0 aliphatic rings. The maximum absolute atomic E-state index is 11.8. The standard InChI is InChI=1S/C12H9N3O4/c16-10-8(2-1-5-13-10)11(17)15-7-3-4-9(12(18)19)14-6-7/h1-6H,(H,13,16)(H,15,17)(H,18,19). The van der Waals surface area contributed by atoms with Gasteiger partial charge in [-0.25, -0.2) is 9.78 Å². The van der Waals surface area contributed by atoms with E-state index in [1.54, 1.807) is 0 Å². The predicted molar refractivity (Wildman–Crippen MR) is 66.2 cm³/mol. The monoisotopic (exact) mass is 259 g/mol. The molecule has 0 bridgehead atoms. The second-order valence-electron chi connectivity index (χ2n) is 3.60. The number of anilines is 1. The molecule has 0 fully saturated rings. The van der Waals surface area contributed by atoms with Crippen molar-refractivity contribution in [2.24, 2.45) is 0 Å². The fraction of sp³-hybridized carbons (Fsp3) is 0. The summed E-state index contributed by atoms with van der Waals surface area (Å²) < 4.78 is 0. The Morgan fingerprint density at radius 3 is 2.63 bits per heavy atom. The molecule has 96 valence electrons. The number of carbonyl (C=O) groups is 2. The van der Waals surface area contributed by atoms with E-state index in [9.17, 15) is 14.4 Å². The Morgan fingerprint density at radius 1 is 1.26 bits per heavy atom. The lowest BCUT2D eigenvalue weighted by atomic mass is 10.2. The SMILES string of the molecule is O=C(O)c1ccc(NC(=O)c2ccc[nH]c2=O)cn1. The largest absolute Gasteiger partial charge is 0.477 e. The molecule has 1 amide bonds. The second-order valence-corrected chi connectivity index (χ2v) is 3.60. The van der Waals surface area contributed by atoms with Gasteiger partial charge in [-0.3, -0.25) is 9.59 Å². The van der Waals surface area contributed by atoms with Gasteiger partial charge >= 0.3 is 5.97 Å². The van der Waals surface area contributed by atoms with Gasteiger partial charge < -0.3 is 15.4 Å². The zero-order valence-electron chi connectivity index (χ0n) is 9.58. The van der Waals surface area contributed by atoms with Crippen molar-refractivity contribution < 1.29 is 14.7 Å². The van der Waals surface area contributed by atoms with Gasteiger partial charge in [0.15, 0.2) is 0 Å². The van der Waals surface area contributed by atoms with Gasteiger partial charge in [0.05, 0.1) is 11.9 Å². The molecular weight excluding hydrogens is 250 g/mol. The quantitative estimate of drug-likeness (QED) is 0.751. The number of aromatic carboxylic acids is 1. The van der Waals surface area contributed by atoms with Crippen molar-refractivity contribution in [3.05, 3.63) is 58.3 Å². The number of H-pyrrole nitrogens is 1. The van der Waals surface area contributed by atoms with Crippen LogP contribution in [-0.4, -0.2) is 27.0 Å². The number of nitrogens with one attached hydrogen (secondary N) is 2. The Balaban J connectivity index is 2.18. The maximum Gasteiger partial charge on any atom is 0.354 e. The molecule has 0 spiro atoms. The van der Waals surface area contributed by atoms with Crippen molar-refractivity contribution in [3.63, 3.8) is 0 Å². The van der Waals surface area contributed by atoms with Crippen LogP contribution in [0.1, 0.15) is 20.8 Å². The molecule has 2 aromatic rings. The average Bonchev–Trinajstić information content (AvgIpc) is 2.39. The lowest BCUT2D eigenvalue weighted by Crippen LogP contribution is -2.22. The number of hydrogen-bond donors (Lipinski definition) is 3. The second kappa shape index (κ2) is 5.13. The van der Waals surface area contributed by atoms with Gasteiger partial charge in [0, 0.05) is 6.20 Å². The molecule has 0 aliphatic heterocycles. The van der Waals surface area contributed by atoms with Crippen LogP contribution in [0.3, 0.4) is 0 Å². The molecular formula is C12H9N3O4. The molecule has 0 aliphatic carbocycles. The molecule has 7 nitrogen and oxygen atoms in total. The van der Waals surface area contributed by atoms with Crippen LogP contribution in [0.25, 0.3) is 0 Å². The van der Waals surface area contributed by atoms with Crippen LogP contribution >= 0.6 is 0 Å². The lowest BCUT2D eigenvalue weighted by molar-refractivity contribution is 0.0690. The summed E-state index contributed by atoms with van der Waals surface area (Å²) in [7, 11) is 0. The number of carboxylic acid groups (broad SMARTS) is 1. The third-order valence-electron chi connectivity index (χ3n) is 2.30. The molecule has 19 heavy (non-hydrogen) atoms. The number of hydrogen-bond acceptors (Lipinski definition) is 4. The molecule has 0 unspecified atom stereocenters. The predicted octanol–water partition coefficient (Wildman–Crippen LogP) is 0.720. The van der Waals surface area contributed by atoms with E-state index in [-0.39, 0.29) is 11.3 Å². The van der Waals surface area contributed by atoms with Crippen LogP contribution in [0.15, 0.2) is 41.5 Å². The summed E-state index contributed by atoms with van der Waals surface area (Å²) in [6.07, 6.45) is 2.63. The molecule has 0 saturated heterocycles. The first kappa shape index (κ1) is 12.5. The van der Waals surface area contributed by atoms with E-state index in [0.29, 0.717) is 5.69 Å². The normalized spacial score (nSPS) is 9.89. The molecule has 2 aromatic heterocycles. The van der Waals surface area contributed by atoms with Crippen LogP contribution in [0, 0.1) is 0 Å². The van der Waals surface area contributed by atoms with Crippen molar-refractivity contribution in [1.82, 2.24) is 9.97 Å². The smallest absolute Gasteiger partial charge is 0.354 e. The Labute approximate surface area is 106 Å². The fourth-order valence-corrected chi connectivity index (χ4v) is 1.39. The van der Waals surface area contributed by atoms with Gasteiger partial charge in [-0.1, -0.05) is 0 Å². The third-order valence-corrected chi connectivity index (χ3v) is 2.30. The van der Waals surface area contributed by atoms with Crippen LogP contribution in [-0.2, 0) is 0 Å². The molecule has 3 N–H and O–H groups in total. The van der Waals surface area contributed by atoms with Crippen molar-refractivity contribution in [1.29, 1.82) is 0 Å². The zero-order chi connectivity index (χ0) is 13.8. The maximum atomic E-state index is 11.8. The van der Waals surface area contributed by atoms with Gasteiger partial charge in [-0.15, -0.1) is 0 Å². The number of aromatic amines is 1. The average molecular weight is 259 g/mol. The highest BCUT2D eigenvalue weighted by atomic mass is 16.4. The van der Waals surface area contributed by atoms with Gasteiger partial charge in [0.1, 0.15) is 11.3 Å². The lowest BCUT2D eigenvalue weighted by Gasteiger charge is -2.04. The van der Waals surface area contributed by atoms with Crippen LogP contribution < -0.4 is 10.9 Å². The summed E-state index contributed by atoms with van der Waals surface area (Å²) >= 11 is 0. The Bertz CT molecular complexity index is 676. The van der Waals surface area contributed by atoms with E-state index in [1.807, 2.05) is 0 Å². The van der Waals surface area contributed by atoms with Gasteiger partial charge in [0.2, 0.25) is 0 Å². The summed E-state index contributed by atoms with van der Waals surface area (Å²) in [6, 6.07) is 5.56. The Morgan fingerprint density at radius 2 is 2.05 bits per heavy atom. The number of carboxylic acids is 1. The van der Waals surface area contributed by atoms with E-state index in [0.717, 1.165) is 0 Å². The molecule has 7 heteroatoms. The number of pyridine rings is 2.